The lowest BCUT2D eigenvalue weighted by atomic mass is 10.0. The summed E-state index contributed by atoms with van der Waals surface area (Å²) in [5.41, 5.74) is 2.98. The van der Waals surface area contributed by atoms with Gasteiger partial charge in [-0.3, -0.25) is 14.5 Å². The van der Waals surface area contributed by atoms with Gasteiger partial charge in [0.2, 0.25) is 5.91 Å². The van der Waals surface area contributed by atoms with Gasteiger partial charge in [0.1, 0.15) is 5.75 Å². The average Bonchev–Trinajstić information content (AvgIpc) is 2.85. The van der Waals surface area contributed by atoms with E-state index in [1.807, 2.05) is 47.4 Å². The van der Waals surface area contributed by atoms with Gasteiger partial charge >= 0.3 is 0 Å². The first-order valence-corrected chi connectivity index (χ1v) is 12.3. The third-order valence-electron chi connectivity index (χ3n) is 5.86. The predicted molar refractivity (Wildman–Crippen MR) is 139 cm³/mol. The summed E-state index contributed by atoms with van der Waals surface area (Å²) in [6.07, 6.45) is 2.74. The highest BCUT2D eigenvalue weighted by Crippen LogP contribution is 2.27. The van der Waals surface area contributed by atoms with Crippen molar-refractivity contribution < 1.29 is 14.3 Å². The lowest BCUT2D eigenvalue weighted by Gasteiger charge is -2.24. The zero-order valence-electron chi connectivity index (χ0n) is 19.6. The molecule has 1 heterocycles. The van der Waals surface area contributed by atoms with Crippen LogP contribution in [0.25, 0.3) is 0 Å². The Morgan fingerprint density at radius 3 is 2.63 bits per heavy atom. The molecule has 7 heteroatoms. The van der Waals surface area contributed by atoms with E-state index >= 15 is 0 Å². The zero-order valence-corrected chi connectivity index (χ0v) is 20.4. The lowest BCUT2D eigenvalue weighted by molar-refractivity contribution is -0.122. The molecule has 3 aromatic carbocycles. The number of halogens is 1. The molecule has 0 aromatic heterocycles. The Morgan fingerprint density at radius 2 is 1.80 bits per heavy atom. The van der Waals surface area contributed by atoms with Crippen LogP contribution in [0.1, 0.15) is 40.7 Å². The van der Waals surface area contributed by atoms with Gasteiger partial charge in [-0.05, 0) is 55.2 Å². The monoisotopic (exact) mass is 491 g/mol. The molecule has 0 aliphatic carbocycles. The van der Waals surface area contributed by atoms with Crippen molar-refractivity contribution in [1.29, 1.82) is 0 Å². The highest BCUT2D eigenvalue weighted by Gasteiger charge is 2.21. The second-order valence-electron chi connectivity index (χ2n) is 8.64. The van der Waals surface area contributed by atoms with Crippen molar-refractivity contribution in [2.75, 3.05) is 25.0 Å². The fourth-order valence-corrected chi connectivity index (χ4v) is 4.34. The second kappa shape index (κ2) is 12.4. The van der Waals surface area contributed by atoms with Crippen molar-refractivity contribution in [1.82, 2.24) is 10.2 Å². The van der Waals surface area contributed by atoms with E-state index in [9.17, 15) is 9.59 Å². The van der Waals surface area contributed by atoms with Crippen LogP contribution in [0.5, 0.6) is 5.75 Å². The highest BCUT2D eigenvalue weighted by molar-refractivity contribution is 6.31. The van der Waals surface area contributed by atoms with E-state index in [0.29, 0.717) is 48.3 Å². The summed E-state index contributed by atoms with van der Waals surface area (Å²) in [4.78, 5) is 28.1. The van der Waals surface area contributed by atoms with Crippen molar-refractivity contribution in [3.05, 3.63) is 94.5 Å². The Balaban J connectivity index is 1.66. The maximum Gasteiger partial charge on any atom is 0.256 e. The van der Waals surface area contributed by atoms with Crippen molar-refractivity contribution in [3.8, 4) is 5.75 Å². The number of rotatable bonds is 4. The van der Waals surface area contributed by atoms with Crippen LogP contribution in [-0.4, -0.2) is 36.4 Å². The summed E-state index contributed by atoms with van der Waals surface area (Å²) in [7, 11) is 0. The molecule has 0 fully saturated rings. The minimum atomic E-state index is -0.249. The smallest absolute Gasteiger partial charge is 0.256 e. The van der Waals surface area contributed by atoms with Crippen LogP contribution < -0.4 is 15.4 Å². The number of benzene rings is 3. The molecule has 0 saturated carbocycles. The van der Waals surface area contributed by atoms with E-state index in [1.165, 1.54) is 0 Å². The van der Waals surface area contributed by atoms with Crippen LogP contribution in [0.2, 0.25) is 5.02 Å². The molecule has 3 aromatic rings. The third-order valence-corrected chi connectivity index (χ3v) is 6.09. The zero-order chi connectivity index (χ0) is 24.5. The Bertz CT molecular complexity index is 1150. The third kappa shape index (κ3) is 7.31. The largest absolute Gasteiger partial charge is 0.493 e. The van der Waals surface area contributed by atoms with Crippen molar-refractivity contribution >= 4 is 29.1 Å². The molecule has 0 bridgehead atoms. The molecule has 0 atom stereocenters. The number of amides is 2. The van der Waals surface area contributed by atoms with Crippen molar-refractivity contribution in [3.63, 3.8) is 0 Å². The molecular formula is C28H30ClN3O3. The number of carbonyl (C=O) groups excluding carboxylic acids is 2. The van der Waals surface area contributed by atoms with Gasteiger partial charge in [-0.1, -0.05) is 54.1 Å². The molecule has 182 valence electrons. The maximum absolute atomic E-state index is 13.3. The van der Waals surface area contributed by atoms with E-state index < -0.39 is 0 Å². The molecule has 35 heavy (non-hydrogen) atoms. The number of hydrogen-bond acceptors (Lipinski definition) is 4. The fourth-order valence-electron chi connectivity index (χ4n) is 4.15. The Kier molecular flexibility index (Phi) is 8.76. The van der Waals surface area contributed by atoms with E-state index in [-0.39, 0.29) is 18.4 Å². The molecule has 0 spiro atoms. The summed E-state index contributed by atoms with van der Waals surface area (Å²) in [6, 6.07) is 22.6. The minimum Gasteiger partial charge on any atom is -0.493 e. The first kappa shape index (κ1) is 24.8. The van der Waals surface area contributed by atoms with Crippen LogP contribution >= 0.6 is 11.6 Å². The molecule has 0 saturated heterocycles. The van der Waals surface area contributed by atoms with Gasteiger partial charge in [-0.25, -0.2) is 0 Å². The predicted octanol–water partition coefficient (Wildman–Crippen LogP) is 5.27. The van der Waals surface area contributed by atoms with Crippen LogP contribution in [0.4, 0.5) is 5.69 Å². The van der Waals surface area contributed by atoms with E-state index in [4.69, 9.17) is 16.3 Å². The highest BCUT2D eigenvalue weighted by atomic mass is 35.5. The van der Waals surface area contributed by atoms with Crippen molar-refractivity contribution in [2.45, 2.75) is 32.4 Å². The van der Waals surface area contributed by atoms with E-state index in [0.717, 1.165) is 30.4 Å². The Morgan fingerprint density at radius 1 is 0.971 bits per heavy atom. The first-order valence-electron chi connectivity index (χ1n) is 11.9. The van der Waals surface area contributed by atoms with Crippen LogP contribution in [0.3, 0.4) is 0 Å². The van der Waals surface area contributed by atoms with Gasteiger partial charge in [0, 0.05) is 41.5 Å². The number of ether oxygens (including phenoxy) is 1. The van der Waals surface area contributed by atoms with Crippen LogP contribution in [0.15, 0.2) is 72.8 Å². The lowest BCUT2D eigenvalue weighted by Crippen LogP contribution is -2.37. The number of carbonyl (C=O) groups is 2. The molecule has 6 nitrogen and oxygen atoms in total. The molecule has 0 radical (unpaired) electrons. The molecule has 0 unspecified atom stereocenters. The second-order valence-corrected chi connectivity index (χ2v) is 9.07. The number of nitrogens with one attached hydrogen (secondary N) is 2. The van der Waals surface area contributed by atoms with E-state index in [2.05, 4.69) is 10.6 Å². The number of nitrogens with zero attached hydrogens (tertiary/aromatic N) is 1. The van der Waals surface area contributed by atoms with Gasteiger partial charge in [0.25, 0.3) is 5.91 Å². The van der Waals surface area contributed by atoms with Crippen LogP contribution in [0, 0.1) is 0 Å². The van der Waals surface area contributed by atoms with Gasteiger partial charge in [-0.2, -0.15) is 0 Å². The fraction of sp³-hybridized carbons (Fsp3) is 0.286. The van der Waals surface area contributed by atoms with E-state index in [1.54, 1.807) is 30.3 Å². The summed E-state index contributed by atoms with van der Waals surface area (Å²) in [5, 5.41) is 6.51. The maximum atomic E-state index is 13.3. The number of fused-ring (bicyclic) bond motifs is 1. The topological polar surface area (TPSA) is 70.7 Å². The summed E-state index contributed by atoms with van der Waals surface area (Å²) in [5.74, 6) is 0.395. The quantitative estimate of drug-likeness (QED) is 0.521. The molecular weight excluding hydrogens is 462 g/mol. The number of hydrogen-bond donors (Lipinski definition) is 2. The average molecular weight is 492 g/mol. The van der Waals surface area contributed by atoms with Crippen molar-refractivity contribution in [2.24, 2.45) is 0 Å². The Labute approximate surface area is 211 Å². The summed E-state index contributed by atoms with van der Waals surface area (Å²) >= 11 is 6.10. The number of anilines is 1. The summed E-state index contributed by atoms with van der Waals surface area (Å²) < 4.78 is 6.15. The molecule has 1 aliphatic rings. The van der Waals surface area contributed by atoms with Crippen LogP contribution in [-0.2, 0) is 17.9 Å². The van der Waals surface area contributed by atoms with Gasteiger partial charge in [-0.15, -0.1) is 0 Å². The Hall–Kier alpha value is -3.35. The van der Waals surface area contributed by atoms with Gasteiger partial charge < -0.3 is 15.4 Å². The molecule has 4 rings (SSSR count). The summed E-state index contributed by atoms with van der Waals surface area (Å²) in [6.45, 7) is 2.38. The SMILES string of the molecule is O=C1CN(Cc2ccccc2)Cc2c(cccc2C(=O)Nc2cccc(Cl)c2)OCCCCCN1. The minimum absolute atomic E-state index is 0.0245. The standard InChI is InChI=1S/C28H30ClN3O3/c29-22-11-7-12-23(17-22)31-28(34)24-13-8-14-26-25(24)19-32(18-21-9-3-1-4-10-21)20-27(33)30-15-5-2-6-16-35-26/h1,3-4,7-14,17H,2,5-6,15-16,18-20H2,(H,30,33)(H,31,34). The molecule has 2 amide bonds. The van der Waals surface area contributed by atoms with Gasteiger partial charge in [0.15, 0.2) is 0 Å². The first-order chi connectivity index (χ1) is 17.1. The van der Waals surface area contributed by atoms with Gasteiger partial charge in [0.05, 0.1) is 13.2 Å². The molecule has 1 aliphatic heterocycles. The molecule has 2 N–H and O–H groups in total. The normalized spacial score (nSPS) is 15.4.